The number of carbonyl (C=O) groups excluding carboxylic acids is 1. The summed E-state index contributed by atoms with van der Waals surface area (Å²) in [7, 11) is 2.48. The van der Waals surface area contributed by atoms with Crippen LogP contribution in [0.3, 0.4) is 0 Å². The van der Waals surface area contributed by atoms with Crippen LogP contribution in [0.15, 0.2) is 77.8 Å². The Morgan fingerprint density at radius 1 is 0.917 bits per heavy atom. The molecule has 4 rings (SSSR count). The van der Waals surface area contributed by atoms with Gasteiger partial charge in [0.15, 0.2) is 0 Å². The fourth-order valence-corrected chi connectivity index (χ4v) is 4.16. The van der Waals surface area contributed by atoms with Gasteiger partial charge in [0.2, 0.25) is 0 Å². The van der Waals surface area contributed by atoms with E-state index < -0.39 is 30.3 Å². The third kappa shape index (κ3) is 11.8. The molecule has 0 aliphatic carbocycles. The Morgan fingerprint density at radius 2 is 1.44 bits per heavy atom. The van der Waals surface area contributed by atoms with Crippen LogP contribution in [0.5, 0.6) is 11.5 Å². The number of ether oxygens (including phenoxy) is 3. The Morgan fingerprint density at radius 3 is 1.92 bits per heavy atom. The molecule has 2 N–H and O–H groups in total. The van der Waals surface area contributed by atoms with Gasteiger partial charge in [-0.1, -0.05) is 86.2 Å². The first-order valence-electron chi connectivity index (χ1n) is 15.2. The molecule has 1 unspecified atom stereocenters. The van der Waals surface area contributed by atoms with E-state index in [-0.39, 0.29) is 32.1 Å². The largest absolute Gasteiger partial charge is 0.498 e. The molecule has 1 saturated heterocycles. The maximum atomic E-state index is 12.4. The summed E-state index contributed by atoms with van der Waals surface area (Å²) in [6.45, 7) is 15.7. The molecular formula is C37H50BBrO9. The fraction of sp³-hybridized carbons (Fsp3) is 0.405. The number of carboxylic acid groups (broad SMARTS) is 1. The Kier molecular flexibility index (Phi) is 17.1. The maximum absolute atomic E-state index is 12.4. The summed E-state index contributed by atoms with van der Waals surface area (Å²) >= 11 is 3.18. The lowest BCUT2D eigenvalue weighted by Gasteiger charge is -2.32. The van der Waals surface area contributed by atoms with E-state index in [1.807, 2.05) is 65.0 Å². The third-order valence-electron chi connectivity index (χ3n) is 7.86. The molecule has 0 radical (unpaired) electrons. The SMILES string of the molecule is C.C=C(Br)CC.COc1cc(C(=O)O)ccc1C(C)CO.COc1cc(C(=O)OCc2ccccc2)ccc1B1OC(C)(C)C(C)(C)O1. The zero-order valence-electron chi connectivity index (χ0n) is 28.5. The zero-order valence-corrected chi connectivity index (χ0v) is 30.1. The first-order chi connectivity index (χ1) is 22.1. The lowest BCUT2D eigenvalue weighted by atomic mass is 9.78. The quantitative estimate of drug-likeness (QED) is 0.159. The number of esters is 1. The number of rotatable bonds is 10. The van der Waals surface area contributed by atoms with Crippen molar-refractivity contribution in [2.24, 2.45) is 0 Å². The Bertz CT molecular complexity index is 1480. The minimum Gasteiger partial charge on any atom is -0.497 e. The van der Waals surface area contributed by atoms with Gasteiger partial charge in [-0.3, -0.25) is 0 Å². The molecule has 9 nitrogen and oxygen atoms in total. The summed E-state index contributed by atoms with van der Waals surface area (Å²) in [5, 5.41) is 17.8. The molecule has 0 amide bonds. The van der Waals surface area contributed by atoms with E-state index in [0.717, 1.165) is 27.5 Å². The highest BCUT2D eigenvalue weighted by Crippen LogP contribution is 2.37. The van der Waals surface area contributed by atoms with Crippen LogP contribution < -0.4 is 14.9 Å². The minimum absolute atomic E-state index is 0. The molecule has 3 aromatic carbocycles. The summed E-state index contributed by atoms with van der Waals surface area (Å²) in [4.78, 5) is 23.1. The van der Waals surface area contributed by atoms with E-state index >= 15 is 0 Å². The van der Waals surface area contributed by atoms with Crippen molar-refractivity contribution >= 4 is 40.4 Å². The molecule has 3 aromatic rings. The van der Waals surface area contributed by atoms with Gasteiger partial charge in [0.25, 0.3) is 0 Å². The van der Waals surface area contributed by atoms with E-state index in [4.69, 9.17) is 33.7 Å². The number of allylic oxidation sites excluding steroid dienone is 1. The lowest BCUT2D eigenvalue weighted by Crippen LogP contribution is -2.41. The van der Waals surface area contributed by atoms with Crippen molar-refractivity contribution < 1.29 is 43.3 Å². The first kappa shape index (κ1) is 42.4. The van der Waals surface area contributed by atoms with Crippen molar-refractivity contribution in [2.75, 3.05) is 20.8 Å². The summed E-state index contributed by atoms with van der Waals surface area (Å²) in [5.74, 6) is -0.434. The van der Waals surface area contributed by atoms with Gasteiger partial charge in [0.1, 0.15) is 18.1 Å². The molecule has 1 atom stereocenters. The van der Waals surface area contributed by atoms with E-state index in [1.54, 1.807) is 31.4 Å². The minimum atomic E-state index is -0.989. The second-order valence-electron chi connectivity index (χ2n) is 11.8. The number of carboxylic acids is 1. The normalized spacial score (nSPS) is 14.5. The fourth-order valence-electron chi connectivity index (χ4n) is 4.16. The zero-order chi connectivity index (χ0) is 35.4. The second kappa shape index (κ2) is 19.4. The topological polar surface area (TPSA) is 121 Å². The first-order valence-corrected chi connectivity index (χ1v) is 16.0. The van der Waals surface area contributed by atoms with Crippen LogP contribution in [0, 0.1) is 0 Å². The van der Waals surface area contributed by atoms with Crippen molar-refractivity contribution in [3.05, 3.63) is 100 Å². The average molecular weight is 730 g/mol. The Hall–Kier alpha value is -3.64. The van der Waals surface area contributed by atoms with Gasteiger partial charge in [-0.25, -0.2) is 9.59 Å². The van der Waals surface area contributed by atoms with Crippen molar-refractivity contribution in [1.29, 1.82) is 0 Å². The van der Waals surface area contributed by atoms with E-state index in [0.29, 0.717) is 17.1 Å². The van der Waals surface area contributed by atoms with Gasteiger partial charge < -0.3 is 33.7 Å². The monoisotopic (exact) mass is 728 g/mol. The smallest absolute Gasteiger partial charge is 0.497 e. The standard InChI is InChI=1S/C21H25BO5.C11H14O4.C4H7Br.CH4/c1-20(2)21(3,4)27-22(26-20)17-12-11-16(13-18(17)24-5)19(23)25-14-15-9-7-6-8-10-15;1-7(6-12)9-4-3-8(11(13)14)5-10(9)15-2;1-3-4(2)5;/h6-13H,14H2,1-5H3;3-5,7,12H,6H2,1-2H3,(H,13,14);2-3H2,1H3;1H4. The Labute approximate surface area is 294 Å². The lowest BCUT2D eigenvalue weighted by molar-refractivity contribution is 0.00578. The summed E-state index contributed by atoms with van der Waals surface area (Å²) < 4.78 is 29.2. The molecule has 1 fully saturated rings. The van der Waals surface area contributed by atoms with Crippen LogP contribution in [0.4, 0.5) is 0 Å². The van der Waals surface area contributed by atoms with Gasteiger partial charge in [0.05, 0.1) is 36.5 Å². The van der Waals surface area contributed by atoms with Crippen LogP contribution >= 0.6 is 15.9 Å². The van der Waals surface area contributed by atoms with E-state index in [9.17, 15) is 9.59 Å². The molecule has 0 saturated carbocycles. The number of aliphatic hydroxyl groups excluding tert-OH is 1. The van der Waals surface area contributed by atoms with Crippen molar-refractivity contribution in [2.45, 2.75) is 79.1 Å². The number of aromatic carboxylic acids is 1. The van der Waals surface area contributed by atoms with Crippen molar-refractivity contribution in [3.63, 3.8) is 0 Å². The number of halogens is 1. The molecule has 0 aromatic heterocycles. The van der Waals surface area contributed by atoms with E-state index in [1.165, 1.54) is 19.2 Å². The van der Waals surface area contributed by atoms with Crippen LogP contribution in [-0.4, -0.2) is 61.3 Å². The predicted octanol–water partition coefficient (Wildman–Crippen LogP) is 7.78. The number of methoxy groups -OCH3 is 2. The number of benzene rings is 3. The van der Waals surface area contributed by atoms with Crippen LogP contribution in [0.2, 0.25) is 0 Å². The number of hydrogen-bond acceptors (Lipinski definition) is 8. The third-order valence-corrected chi connectivity index (χ3v) is 8.42. The van der Waals surface area contributed by atoms with Gasteiger partial charge in [0, 0.05) is 18.0 Å². The predicted molar refractivity (Wildman–Crippen MR) is 195 cm³/mol. The van der Waals surface area contributed by atoms with Gasteiger partial charge in [-0.15, -0.1) is 0 Å². The second-order valence-corrected chi connectivity index (χ2v) is 12.9. The molecule has 0 bridgehead atoms. The molecular weight excluding hydrogens is 679 g/mol. The molecule has 0 spiro atoms. The average Bonchev–Trinajstić information content (AvgIpc) is 3.29. The van der Waals surface area contributed by atoms with Crippen molar-refractivity contribution in [1.82, 2.24) is 0 Å². The molecule has 262 valence electrons. The highest BCUT2D eigenvalue weighted by Gasteiger charge is 2.52. The number of carbonyl (C=O) groups is 2. The highest BCUT2D eigenvalue weighted by molar-refractivity contribution is 9.11. The van der Waals surface area contributed by atoms with E-state index in [2.05, 4.69) is 29.4 Å². The number of aliphatic hydroxyl groups is 1. The Balaban J connectivity index is 0.000000463. The molecule has 1 aliphatic heterocycles. The summed E-state index contributed by atoms with van der Waals surface area (Å²) in [5.41, 5.74) is 2.20. The van der Waals surface area contributed by atoms with Crippen LogP contribution in [0.1, 0.15) is 93.2 Å². The highest BCUT2D eigenvalue weighted by atomic mass is 79.9. The summed E-state index contributed by atoms with van der Waals surface area (Å²) in [6.07, 6.45) is 1.03. The summed E-state index contributed by atoms with van der Waals surface area (Å²) in [6, 6.07) is 19.4. The molecule has 48 heavy (non-hydrogen) atoms. The molecule has 1 aliphatic rings. The van der Waals surface area contributed by atoms with Gasteiger partial charge in [-0.05, 0) is 74.0 Å². The molecule has 1 heterocycles. The van der Waals surface area contributed by atoms with Crippen LogP contribution in [0.25, 0.3) is 0 Å². The maximum Gasteiger partial charge on any atom is 0.498 e. The van der Waals surface area contributed by atoms with Gasteiger partial charge >= 0.3 is 19.1 Å². The van der Waals surface area contributed by atoms with Crippen molar-refractivity contribution in [3.8, 4) is 11.5 Å². The molecule has 11 heteroatoms. The van der Waals surface area contributed by atoms with Crippen LogP contribution in [-0.2, 0) is 20.7 Å². The number of hydrogen-bond donors (Lipinski definition) is 2. The van der Waals surface area contributed by atoms with Gasteiger partial charge in [-0.2, -0.15) is 0 Å².